The van der Waals surface area contributed by atoms with E-state index in [1.807, 2.05) is 6.92 Å². The first kappa shape index (κ1) is 37.9. The molecule has 0 radical (unpaired) electrons. The van der Waals surface area contributed by atoms with Crippen LogP contribution in [0.5, 0.6) is 0 Å². The van der Waals surface area contributed by atoms with Crippen LogP contribution in [0, 0.1) is 0 Å². The molecule has 0 aliphatic carbocycles. The number of nitrogens with one attached hydrogen (secondary N) is 1. The zero-order chi connectivity index (χ0) is 32.3. The summed E-state index contributed by atoms with van der Waals surface area (Å²) < 4.78 is 56.1. The van der Waals surface area contributed by atoms with Crippen molar-refractivity contribution in [2.45, 2.75) is 126 Å². The van der Waals surface area contributed by atoms with E-state index in [0.717, 1.165) is 32.1 Å². The summed E-state index contributed by atoms with van der Waals surface area (Å²) in [7, 11) is -7.24. The van der Waals surface area contributed by atoms with Gasteiger partial charge in [-0.15, -0.1) is 0 Å². The average molecular weight is 650 g/mol. The van der Waals surface area contributed by atoms with Crippen molar-refractivity contribution in [2.24, 2.45) is 5.73 Å². The molecule has 248 valence electrons. The number of rotatable bonds is 25. The molecule has 8 nitrogen and oxygen atoms in total. The molecule has 0 saturated heterocycles. The summed E-state index contributed by atoms with van der Waals surface area (Å²) in [6, 6.07) is 14.8. The minimum atomic E-state index is -3.63. The second-order valence-electron chi connectivity index (χ2n) is 11.7. The van der Waals surface area contributed by atoms with Crippen molar-refractivity contribution in [1.82, 2.24) is 9.03 Å². The Labute approximate surface area is 267 Å². The summed E-state index contributed by atoms with van der Waals surface area (Å²) in [5.41, 5.74) is 6.39. The van der Waals surface area contributed by atoms with E-state index in [0.29, 0.717) is 49.4 Å². The van der Waals surface area contributed by atoms with Crippen LogP contribution < -0.4 is 10.5 Å². The van der Waals surface area contributed by atoms with Crippen molar-refractivity contribution in [3.05, 3.63) is 60.2 Å². The fraction of sp³-hybridized carbons (Fsp3) is 0.618. The van der Waals surface area contributed by atoms with Gasteiger partial charge in [0.25, 0.3) is 0 Å². The summed E-state index contributed by atoms with van der Waals surface area (Å²) in [6.07, 6.45) is 15.1. The lowest BCUT2D eigenvalue weighted by Crippen LogP contribution is -2.33. The maximum absolute atomic E-state index is 13.5. The van der Waals surface area contributed by atoms with Gasteiger partial charge in [-0.3, -0.25) is 4.79 Å². The van der Waals surface area contributed by atoms with Crippen LogP contribution in [0.4, 0.5) is 0 Å². The first-order chi connectivity index (χ1) is 21.1. The number of primary amides is 1. The molecule has 2 aromatic carbocycles. The molecule has 2 aromatic rings. The van der Waals surface area contributed by atoms with E-state index in [9.17, 15) is 21.6 Å². The number of carbonyl (C=O) groups excluding carboxylic acids is 1. The topological polar surface area (TPSA) is 127 Å². The highest BCUT2D eigenvalue weighted by atomic mass is 32.2. The maximum Gasteiger partial charge on any atom is 0.243 e. The molecular weight excluding hydrogens is 595 g/mol. The van der Waals surface area contributed by atoms with Crippen molar-refractivity contribution < 1.29 is 21.6 Å². The number of hydrogen-bond donors (Lipinski definition) is 2. The molecule has 0 fully saturated rings. The van der Waals surface area contributed by atoms with Gasteiger partial charge in [0, 0.05) is 19.6 Å². The monoisotopic (exact) mass is 649 g/mol. The molecule has 0 aliphatic heterocycles. The molecule has 10 heteroatoms. The molecular formula is C34H55N3O5S2. The van der Waals surface area contributed by atoms with Crippen LogP contribution in [-0.4, -0.2) is 46.7 Å². The standard InChI is InChI=1S/C34H55N3O5S2/c1-3-5-7-8-9-10-11-12-13-18-28-37(44(41,42)32-20-15-14-16-21-32)29-19-17-22-33(34(35)38)30-23-25-31(26-24-30)43(39,40)36-27-6-4-2/h14-16,20-21,23-26,33,36H,3-13,17-19,22,27-29H2,1-2H3,(H2,35,38). The van der Waals surface area contributed by atoms with Gasteiger partial charge in [0.2, 0.25) is 26.0 Å². The molecule has 1 unspecified atom stereocenters. The molecule has 0 saturated carbocycles. The number of hydrogen-bond acceptors (Lipinski definition) is 5. The fourth-order valence-electron chi connectivity index (χ4n) is 5.33. The number of carbonyl (C=O) groups is 1. The highest BCUT2D eigenvalue weighted by Gasteiger charge is 2.24. The van der Waals surface area contributed by atoms with Gasteiger partial charge in [-0.1, -0.05) is 115 Å². The Morgan fingerprint density at radius 3 is 1.75 bits per heavy atom. The van der Waals surface area contributed by atoms with Crippen LogP contribution in [0.2, 0.25) is 0 Å². The predicted octanol–water partition coefficient (Wildman–Crippen LogP) is 7.12. The van der Waals surface area contributed by atoms with E-state index in [-0.39, 0.29) is 4.90 Å². The Kier molecular flexibility index (Phi) is 17.8. The Hall–Kier alpha value is -2.27. The van der Waals surface area contributed by atoms with Crippen LogP contribution in [-0.2, 0) is 24.8 Å². The maximum atomic E-state index is 13.5. The van der Waals surface area contributed by atoms with Crippen LogP contribution >= 0.6 is 0 Å². The number of sulfonamides is 2. The zero-order valence-electron chi connectivity index (χ0n) is 26.9. The Morgan fingerprint density at radius 2 is 1.20 bits per heavy atom. The third-order valence-corrected chi connectivity index (χ3v) is 11.4. The molecule has 0 aliphatic rings. The quantitative estimate of drug-likeness (QED) is 0.111. The number of nitrogens with two attached hydrogens (primary N) is 1. The van der Waals surface area contributed by atoms with Crippen molar-refractivity contribution in [2.75, 3.05) is 19.6 Å². The second-order valence-corrected chi connectivity index (χ2v) is 15.4. The van der Waals surface area contributed by atoms with Gasteiger partial charge in [0.05, 0.1) is 15.7 Å². The molecule has 0 aromatic heterocycles. The zero-order valence-corrected chi connectivity index (χ0v) is 28.5. The molecule has 3 N–H and O–H groups in total. The van der Waals surface area contributed by atoms with Gasteiger partial charge >= 0.3 is 0 Å². The summed E-state index contributed by atoms with van der Waals surface area (Å²) in [5.74, 6) is -1.07. The first-order valence-electron chi connectivity index (χ1n) is 16.6. The van der Waals surface area contributed by atoms with Crippen molar-refractivity contribution in [3.63, 3.8) is 0 Å². The third kappa shape index (κ3) is 13.4. The van der Waals surface area contributed by atoms with Crippen molar-refractivity contribution >= 4 is 26.0 Å². The molecule has 44 heavy (non-hydrogen) atoms. The molecule has 0 heterocycles. The van der Waals surface area contributed by atoms with Crippen molar-refractivity contribution in [1.29, 1.82) is 0 Å². The van der Waals surface area contributed by atoms with E-state index in [1.165, 1.54) is 57.1 Å². The second kappa shape index (κ2) is 20.7. The molecule has 2 rings (SSSR count). The van der Waals surface area contributed by atoms with Gasteiger partial charge in [0.1, 0.15) is 0 Å². The highest BCUT2D eigenvalue weighted by Crippen LogP contribution is 2.25. The Bertz CT molecular complexity index is 1280. The molecule has 0 spiro atoms. The normalized spacial score (nSPS) is 12.9. The van der Waals surface area contributed by atoms with Gasteiger partial charge in [-0.2, -0.15) is 4.31 Å². The summed E-state index contributed by atoms with van der Waals surface area (Å²) in [5, 5.41) is 0. The Balaban J connectivity index is 1.93. The summed E-state index contributed by atoms with van der Waals surface area (Å²) >= 11 is 0. The summed E-state index contributed by atoms with van der Waals surface area (Å²) in [6.45, 7) is 5.42. The van der Waals surface area contributed by atoms with Gasteiger partial charge in [-0.05, 0) is 55.5 Å². The SMILES string of the molecule is CCCCCCCCCCCCN(CCCCC(C(N)=O)c1ccc(S(=O)(=O)NCCCC)cc1)S(=O)(=O)c1ccccc1. The average Bonchev–Trinajstić information content (AvgIpc) is 3.01. The fourth-order valence-corrected chi connectivity index (χ4v) is 7.94. The smallest absolute Gasteiger partial charge is 0.243 e. The largest absolute Gasteiger partial charge is 0.369 e. The molecule has 1 amide bonds. The van der Waals surface area contributed by atoms with Gasteiger partial charge < -0.3 is 5.73 Å². The molecule has 0 bridgehead atoms. The van der Waals surface area contributed by atoms with E-state index < -0.39 is 31.9 Å². The minimum Gasteiger partial charge on any atom is -0.369 e. The van der Waals surface area contributed by atoms with E-state index in [2.05, 4.69) is 11.6 Å². The molecule has 1 atom stereocenters. The first-order valence-corrected chi connectivity index (χ1v) is 19.5. The number of benzene rings is 2. The third-order valence-electron chi connectivity index (χ3n) is 8.05. The lowest BCUT2D eigenvalue weighted by molar-refractivity contribution is -0.119. The number of amides is 1. The van der Waals surface area contributed by atoms with Crippen molar-refractivity contribution in [3.8, 4) is 0 Å². The van der Waals surface area contributed by atoms with Crippen LogP contribution in [0.15, 0.2) is 64.4 Å². The highest BCUT2D eigenvalue weighted by molar-refractivity contribution is 7.89. The predicted molar refractivity (Wildman–Crippen MR) is 179 cm³/mol. The number of nitrogens with zero attached hydrogens (tertiary/aromatic N) is 1. The minimum absolute atomic E-state index is 0.148. The van der Waals surface area contributed by atoms with E-state index in [1.54, 1.807) is 46.8 Å². The summed E-state index contributed by atoms with van der Waals surface area (Å²) in [4.78, 5) is 12.8. The number of unbranched alkanes of at least 4 members (excludes halogenated alkanes) is 11. The lowest BCUT2D eigenvalue weighted by Gasteiger charge is -2.23. The Morgan fingerprint density at radius 1 is 0.682 bits per heavy atom. The van der Waals surface area contributed by atoms with E-state index >= 15 is 0 Å². The van der Waals surface area contributed by atoms with Gasteiger partial charge in [0.15, 0.2) is 0 Å². The van der Waals surface area contributed by atoms with Crippen LogP contribution in [0.3, 0.4) is 0 Å². The van der Waals surface area contributed by atoms with E-state index in [4.69, 9.17) is 5.73 Å². The lowest BCUT2D eigenvalue weighted by atomic mass is 9.93. The van der Waals surface area contributed by atoms with Crippen LogP contribution in [0.25, 0.3) is 0 Å². The van der Waals surface area contributed by atoms with Crippen LogP contribution in [0.1, 0.15) is 122 Å². The van der Waals surface area contributed by atoms with Gasteiger partial charge in [-0.25, -0.2) is 21.6 Å².